The highest BCUT2D eigenvalue weighted by Crippen LogP contribution is 2.20. The van der Waals surface area contributed by atoms with E-state index in [1.54, 1.807) is 12.1 Å². The molecule has 6 nitrogen and oxygen atoms in total. The first kappa shape index (κ1) is 14.6. The van der Waals surface area contributed by atoms with Crippen molar-refractivity contribution in [1.82, 2.24) is 4.90 Å². The molecule has 1 aliphatic heterocycles. The number of hydrogen-bond donors (Lipinski definition) is 1. The van der Waals surface area contributed by atoms with E-state index in [2.05, 4.69) is 4.74 Å². The Kier molecular flexibility index (Phi) is 4.46. The number of ether oxygens (including phenoxy) is 2. The molecule has 1 unspecified atom stereocenters. The van der Waals surface area contributed by atoms with Gasteiger partial charge in [0.05, 0.1) is 25.8 Å². The Labute approximate surface area is 121 Å². The molecular formula is C13H15ClN2O4. The predicted octanol–water partition coefficient (Wildman–Crippen LogP) is 0.936. The maximum atomic E-state index is 12.4. The van der Waals surface area contributed by atoms with Crippen molar-refractivity contribution in [2.24, 2.45) is 0 Å². The molecule has 108 valence electrons. The molecule has 0 bridgehead atoms. The van der Waals surface area contributed by atoms with Gasteiger partial charge < -0.3 is 20.1 Å². The lowest BCUT2D eigenvalue weighted by Gasteiger charge is -2.31. The third kappa shape index (κ3) is 3.02. The molecule has 2 N–H and O–H groups in total. The molecule has 0 spiro atoms. The van der Waals surface area contributed by atoms with Crippen LogP contribution in [-0.2, 0) is 14.3 Å². The monoisotopic (exact) mass is 298 g/mol. The number of methoxy groups -OCH3 is 1. The van der Waals surface area contributed by atoms with Gasteiger partial charge in [0.15, 0.2) is 6.10 Å². The molecule has 1 aliphatic rings. The SMILES string of the molecule is COC(=O)C1CN(C(=O)c2ccc(Cl)cc2N)CCO1. The van der Waals surface area contributed by atoms with Gasteiger partial charge in [-0.05, 0) is 18.2 Å². The zero-order valence-corrected chi connectivity index (χ0v) is 11.7. The van der Waals surface area contributed by atoms with E-state index in [9.17, 15) is 9.59 Å². The molecule has 2 rings (SSSR count). The number of anilines is 1. The Morgan fingerprint density at radius 2 is 2.25 bits per heavy atom. The van der Waals surface area contributed by atoms with Crippen LogP contribution in [0.25, 0.3) is 0 Å². The van der Waals surface area contributed by atoms with Crippen LogP contribution >= 0.6 is 11.6 Å². The van der Waals surface area contributed by atoms with Crippen LogP contribution in [0.1, 0.15) is 10.4 Å². The predicted molar refractivity (Wildman–Crippen MR) is 73.5 cm³/mol. The van der Waals surface area contributed by atoms with Crippen molar-refractivity contribution in [1.29, 1.82) is 0 Å². The van der Waals surface area contributed by atoms with E-state index in [1.165, 1.54) is 18.1 Å². The van der Waals surface area contributed by atoms with E-state index in [0.29, 0.717) is 22.8 Å². The van der Waals surface area contributed by atoms with E-state index < -0.39 is 12.1 Å². The van der Waals surface area contributed by atoms with Crippen LogP contribution in [0.2, 0.25) is 5.02 Å². The van der Waals surface area contributed by atoms with Gasteiger partial charge in [0.25, 0.3) is 5.91 Å². The van der Waals surface area contributed by atoms with Crippen molar-refractivity contribution in [3.63, 3.8) is 0 Å². The van der Waals surface area contributed by atoms with E-state index >= 15 is 0 Å². The number of rotatable bonds is 2. The quantitative estimate of drug-likeness (QED) is 0.649. The van der Waals surface area contributed by atoms with E-state index in [1.807, 2.05) is 0 Å². The minimum Gasteiger partial charge on any atom is -0.467 e. The van der Waals surface area contributed by atoms with Gasteiger partial charge >= 0.3 is 5.97 Å². The molecular weight excluding hydrogens is 284 g/mol. The highest BCUT2D eigenvalue weighted by molar-refractivity contribution is 6.31. The number of morpholine rings is 1. The van der Waals surface area contributed by atoms with Crippen molar-refractivity contribution < 1.29 is 19.1 Å². The van der Waals surface area contributed by atoms with Crippen LogP contribution in [0.3, 0.4) is 0 Å². The molecule has 0 saturated carbocycles. The Hall–Kier alpha value is -1.79. The van der Waals surface area contributed by atoms with Crippen molar-refractivity contribution >= 4 is 29.2 Å². The average molecular weight is 299 g/mol. The Morgan fingerprint density at radius 3 is 2.90 bits per heavy atom. The highest BCUT2D eigenvalue weighted by atomic mass is 35.5. The van der Waals surface area contributed by atoms with Gasteiger partial charge in [-0.1, -0.05) is 11.6 Å². The number of carbonyl (C=O) groups is 2. The summed E-state index contributed by atoms with van der Waals surface area (Å²) >= 11 is 5.80. The van der Waals surface area contributed by atoms with Gasteiger partial charge in [0.1, 0.15) is 0 Å². The first-order chi connectivity index (χ1) is 9.52. The maximum absolute atomic E-state index is 12.4. The number of halogens is 1. The Balaban J connectivity index is 2.14. The van der Waals surface area contributed by atoms with Gasteiger partial charge in [-0.2, -0.15) is 0 Å². The number of esters is 1. The average Bonchev–Trinajstić information content (AvgIpc) is 2.46. The molecule has 1 heterocycles. The molecule has 1 aromatic rings. The summed E-state index contributed by atoms with van der Waals surface area (Å²) in [6.07, 6.45) is -0.758. The topological polar surface area (TPSA) is 81.9 Å². The lowest BCUT2D eigenvalue weighted by atomic mass is 10.1. The molecule has 0 aliphatic carbocycles. The van der Waals surface area contributed by atoms with Crippen LogP contribution in [0.15, 0.2) is 18.2 Å². The summed E-state index contributed by atoms with van der Waals surface area (Å²) in [7, 11) is 1.28. The molecule has 1 atom stereocenters. The maximum Gasteiger partial charge on any atom is 0.336 e. The number of benzene rings is 1. The second-order valence-electron chi connectivity index (χ2n) is 4.37. The van der Waals surface area contributed by atoms with Gasteiger partial charge in [0.2, 0.25) is 0 Å². The minimum absolute atomic E-state index is 0.146. The Morgan fingerprint density at radius 1 is 1.50 bits per heavy atom. The van der Waals surface area contributed by atoms with Crippen LogP contribution in [0, 0.1) is 0 Å². The fraction of sp³-hybridized carbons (Fsp3) is 0.385. The largest absolute Gasteiger partial charge is 0.467 e. The fourth-order valence-electron chi connectivity index (χ4n) is 2.01. The summed E-state index contributed by atoms with van der Waals surface area (Å²) in [5.74, 6) is -0.747. The second-order valence-corrected chi connectivity index (χ2v) is 4.80. The van der Waals surface area contributed by atoms with Crippen molar-refractivity contribution in [3.8, 4) is 0 Å². The standard InChI is InChI=1S/C13H15ClN2O4/c1-19-13(18)11-7-16(4-5-20-11)12(17)9-3-2-8(14)6-10(9)15/h2-3,6,11H,4-5,7,15H2,1H3. The van der Waals surface area contributed by atoms with E-state index in [-0.39, 0.29) is 19.1 Å². The lowest BCUT2D eigenvalue weighted by molar-refractivity contribution is -0.158. The number of nitrogens with two attached hydrogens (primary N) is 1. The van der Waals surface area contributed by atoms with Crippen LogP contribution in [-0.4, -0.2) is 49.7 Å². The number of nitrogen functional groups attached to an aromatic ring is 1. The fourth-order valence-corrected chi connectivity index (χ4v) is 2.19. The summed E-state index contributed by atoms with van der Waals surface area (Å²) in [5, 5.41) is 0.466. The highest BCUT2D eigenvalue weighted by Gasteiger charge is 2.30. The van der Waals surface area contributed by atoms with Gasteiger partial charge in [-0.15, -0.1) is 0 Å². The van der Waals surface area contributed by atoms with Crippen LogP contribution in [0.5, 0.6) is 0 Å². The zero-order valence-electron chi connectivity index (χ0n) is 11.0. The minimum atomic E-state index is -0.758. The zero-order chi connectivity index (χ0) is 14.7. The molecule has 20 heavy (non-hydrogen) atoms. The summed E-state index contributed by atoms with van der Waals surface area (Å²) in [6.45, 7) is 0.820. The van der Waals surface area contributed by atoms with Gasteiger partial charge in [-0.25, -0.2) is 4.79 Å². The third-order valence-electron chi connectivity index (χ3n) is 3.06. The van der Waals surface area contributed by atoms with E-state index in [0.717, 1.165) is 0 Å². The van der Waals surface area contributed by atoms with Gasteiger partial charge in [0, 0.05) is 17.3 Å². The van der Waals surface area contributed by atoms with Crippen molar-refractivity contribution in [3.05, 3.63) is 28.8 Å². The molecule has 1 aromatic carbocycles. The summed E-state index contributed by atoms with van der Waals surface area (Å²) in [5.41, 5.74) is 6.46. The van der Waals surface area contributed by atoms with Gasteiger partial charge in [-0.3, -0.25) is 4.79 Å². The summed E-state index contributed by atoms with van der Waals surface area (Å²) in [4.78, 5) is 25.4. The van der Waals surface area contributed by atoms with Crippen LogP contribution < -0.4 is 5.73 Å². The van der Waals surface area contributed by atoms with E-state index in [4.69, 9.17) is 22.1 Å². The second kappa shape index (κ2) is 6.11. The summed E-state index contributed by atoms with van der Waals surface area (Å²) < 4.78 is 9.89. The lowest BCUT2D eigenvalue weighted by Crippen LogP contribution is -2.49. The first-order valence-electron chi connectivity index (χ1n) is 6.06. The number of carbonyl (C=O) groups excluding carboxylic acids is 2. The third-order valence-corrected chi connectivity index (χ3v) is 3.30. The number of amides is 1. The summed E-state index contributed by atoms with van der Waals surface area (Å²) in [6, 6.07) is 4.69. The smallest absolute Gasteiger partial charge is 0.336 e. The molecule has 0 radical (unpaired) electrons. The number of hydrogen-bond acceptors (Lipinski definition) is 5. The molecule has 1 fully saturated rings. The molecule has 1 amide bonds. The normalized spacial score (nSPS) is 18.7. The first-order valence-corrected chi connectivity index (χ1v) is 6.44. The molecule has 1 saturated heterocycles. The Bertz CT molecular complexity index is 535. The molecule has 0 aromatic heterocycles. The number of nitrogens with zero attached hydrogens (tertiary/aromatic N) is 1. The van der Waals surface area contributed by atoms with Crippen molar-refractivity contribution in [2.75, 3.05) is 32.5 Å². The van der Waals surface area contributed by atoms with Crippen LogP contribution in [0.4, 0.5) is 5.69 Å². The molecule has 7 heteroatoms. The van der Waals surface area contributed by atoms with Crippen molar-refractivity contribution in [2.45, 2.75) is 6.10 Å².